The van der Waals surface area contributed by atoms with Crippen LogP contribution in [0.4, 0.5) is 0 Å². The fraction of sp³-hybridized carbons (Fsp3) is 0.292. The summed E-state index contributed by atoms with van der Waals surface area (Å²) >= 11 is 0. The molecule has 0 atom stereocenters. The first-order valence-corrected chi connectivity index (χ1v) is 43.7. The van der Waals surface area contributed by atoms with Crippen molar-refractivity contribution in [2.75, 3.05) is 0 Å². The number of fused-ring (bicyclic) bond motifs is 16. The molecular formula is C113H118N8+4. The van der Waals surface area contributed by atoms with Crippen LogP contribution in [0.3, 0.4) is 0 Å². The smallest absolute Gasteiger partial charge is 0.220 e. The van der Waals surface area contributed by atoms with Gasteiger partial charge >= 0.3 is 0 Å². The van der Waals surface area contributed by atoms with Crippen LogP contribution in [0.25, 0.3) is 133 Å². The van der Waals surface area contributed by atoms with E-state index in [1.807, 2.05) is 0 Å². The minimum atomic E-state index is -0.0721. The minimum absolute atomic E-state index is 0.0668. The minimum Gasteiger partial charge on any atom is -0.257 e. The van der Waals surface area contributed by atoms with Gasteiger partial charge in [0.25, 0.3) is 0 Å². The second kappa shape index (κ2) is 30.3. The number of nitrogens with zero attached hydrogens (tertiary/aromatic N) is 8. The molecule has 0 saturated heterocycles. The SMILES string of the molecule is Cc1ccc2c(n1)C(C)(C)c1cc(C)c(-c3c4ccccc4cc[n+]3C)cc1-2.Cc1ccc2c(n1)C(C)(C)c1cc(C)c(-c3ccc4c(C)cccc4[n+]3C)cc1-2.Cc1ccc2c(n1)C(C)(C)c1cc(C)c(-c3ccc4c(CC(C)C)cccc4[n+]3C)cc1-2.Cc1ccc2c(n1)C(C)(C)c1cc(C)c(-c3ccc4ccc(CC(C)C)cc4[n+]3C)cc1-2. The Balaban J connectivity index is 0.000000115. The maximum absolute atomic E-state index is 4.94. The molecule has 0 N–H and O–H groups in total. The number of benzene rings is 8. The van der Waals surface area contributed by atoms with Crippen molar-refractivity contribution in [1.82, 2.24) is 19.9 Å². The third kappa shape index (κ3) is 13.9. The van der Waals surface area contributed by atoms with Crippen molar-refractivity contribution in [3.63, 3.8) is 0 Å². The molecule has 4 aliphatic carbocycles. The summed E-state index contributed by atoms with van der Waals surface area (Å²) in [5.74, 6) is 1.30. The molecule has 0 aliphatic heterocycles. The van der Waals surface area contributed by atoms with Crippen molar-refractivity contribution in [3.05, 3.63) is 331 Å². The molecule has 0 radical (unpaired) electrons. The largest absolute Gasteiger partial charge is 0.257 e. The van der Waals surface area contributed by atoms with E-state index in [0.29, 0.717) is 11.8 Å². The van der Waals surface area contributed by atoms with Gasteiger partial charge in [0.2, 0.25) is 39.3 Å². The predicted octanol–water partition coefficient (Wildman–Crippen LogP) is 25.3. The Morgan fingerprint density at radius 3 is 1.09 bits per heavy atom. The van der Waals surface area contributed by atoms with Gasteiger partial charge in [-0.2, -0.15) is 13.7 Å². The third-order valence-electron chi connectivity index (χ3n) is 27.2. The zero-order valence-electron chi connectivity index (χ0n) is 76.0. The zero-order chi connectivity index (χ0) is 85.7. The summed E-state index contributed by atoms with van der Waals surface area (Å²) in [5, 5.41) is 6.51. The van der Waals surface area contributed by atoms with Crippen LogP contribution in [-0.2, 0) is 62.7 Å². The lowest BCUT2D eigenvalue weighted by atomic mass is 9.83. The standard InChI is InChI=1S/2C30H33N2.C27H27N2.C26H25N2/c1-18(2)14-21-9-10-22-11-13-27(32(7)28(22)16-21)24-17-25-23-12-8-20(4)31-29(23)30(5,6)26(25)15-19(24)3;1-18(2)15-21-9-8-10-27-22(21)13-14-28(32(27)7)24-17-25-23-12-11-20(4)31-29(23)30(5,6)26(25)16-19(24)3;1-16-8-7-9-24-19(16)12-13-25(29(24)6)21-15-22-20-11-10-18(3)28-26(20)27(4,5)23(22)14-17(21)2;1-16-14-23-22(20-11-10-17(2)27-25(20)26(23,3)4)15-21(16)24-19-9-7-6-8-18(19)12-13-28(24)5/h8-13,15-18H,14H2,1-7H3;8-14,16-18H,15H2,1-7H3;7-15H,1-6H3;6-15H,1-5H3/q4*+1. The highest BCUT2D eigenvalue weighted by molar-refractivity contribution is 5.96. The maximum atomic E-state index is 4.94. The van der Waals surface area contributed by atoms with Gasteiger partial charge in [0.05, 0.1) is 33.7 Å². The van der Waals surface area contributed by atoms with E-state index in [4.69, 9.17) is 19.9 Å². The number of pyridine rings is 8. The van der Waals surface area contributed by atoms with Crippen LogP contribution in [-0.4, -0.2) is 19.9 Å². The Kier molecular flexibility index (Phi) is 20.4. The summed E-state index contributed by atoms with van der Waals surface area (Å²) < 4.78 is 9.29. The van der Waals surface area contributed by atoms with Crippen LogP contribution in [0.15, 0.2) is 225 Å². The normalized spacial score (nSPS) is 14.1. The topological polar surface area (TPSA) is 67.1 Å². The van der Waals surface area contributed by atoms with Crippen LogP contribution in [0.2, 0.25) is 0 Å². The second-order valence-corrected chi connectivity index (χ2v) is 38.4. The molecule has 0 bridgehead atoms. The first-order valence-electron chi connectivity index (χ1n) is 43.7. The maximum Gasteiger partial charge on any atom is 0.220 e. The van der Waals surface area contributed by atoms with Crippen LogP contribution < -0.4 is 18.3 Å². The number of rotatable bonds is 8. The Labute approximate surface area is 717 Å². The summed E-state index contributed by atoms with van der Waals surface area (Å²) in [6.45, 7) is 47.0. The van der Waals surface area contributed by atoms with Crippen LogP contribution in [0, 0.1) is 74.1 Å². The lowest BCUT2D eigenvalue weighted by Gasteiger charge is -2.21. The quantitative estimate of drug-likeness (QED) is 0.142. The fourth-order valence-corrected chi connectivity index (χ4v) is 20.6. The van der Waals surface area contributed by atoms with E-state index >= 15 is 0 Å². The molecule has 16 aromatic rings. The molecule has 0 saturated carbocycles. The first kappa shape index (κ1) is 81.4. The van der Waals surface area contributed by atoms with Crippen molar-refractivity contribution < 1.29 is 18.3 Å². The molecule has 0 unspecified atom stereocenters. The summed E-state index contributed by atoms with van der Waals surface area (Å²) in [7, 11) is 8.71. The van der Waals surface area contributed by atoms with E-state index in [0.717, 1.165) is 35.6 Å². The Hall–Kier alpha value is -12.0. The molecule has 606 valence electrons. The fourth-order valence-electron chi connectivity index (χ4n) is 20.6. The number of hydrogen-bond acceptors (Lipinski definition) is 4. The van der Waals surface area contributed by atoms with Crippen molar-refractivity contribution in [2.24, 2.45) is 40.0 Å². The lowest BCUT2D eigenvalue weighted by Crippen LogP contribution is -2.32. The van der Waals surface area contributed by atoms with Gasteiger partial charge < -0.3 is 0 Å². The van der Waals surface area contributed by atoms with E-state index in [2.05, 4.69) is 416 Å². The van der Waals surface area contributed by atoms with E-state index in [1.54, 1.807) is 0 Å². The third-order valence-corrected chi connectivity index (χ3v) is 27.2. The summed E-state index contributed by atoms with van der Waals surface area (Å²) in [4.78, 5) is 19.7. The molecule has 20 rings (SSSR count). The molecule has 8 heteroatoms. The molecule has 121 heavy (non-hydrogen) atoms. The van der Waals surface area contributed by atoms with Gasteiger partial charge in [0, 0.05) is 142 Å². The van der Waals surface area contributed by atoms with Crippen molar-refractivity contribution in [2.45, 2.75) is 180 Å². The second-order valence-electron chi connectivity index (χ2n) is 38.4. The van der Waals surface area contributed by atoms with E-state index < -0.39 is 0 Å². The molecular weight excluding hydrogens is 1470 g/mol. The Morgan fingerprint density at radius 1 is 0.281 bits per heavy atom. The van der Waals surface area contributed by atoms with Gasteiger partial charge in [0.1, 0.15) is 28.2 Å². The van der Waals surface area contributed by atoms with Crippen LogP contribution in [0.1, 0.15) is 190 Å². The van der Waals surface area contributed by atoms with E-state index in [1.165, 1.54) is 217 Å². The van der Waals surface area contributed by atoms with Gasteiger partial charge in [-0.15, -0.1) is 0 Å². The van der Waals surface area contributed by atoms with Gasteiger partial charge in [0.15, 0.2) is 6.20 Å². The molecule has 8 nitrogen and oxygen atoms in total. The van der Waals surface area contributed by atoms with Crippen molar-refractivity contribution in [1.29, 1.82) is 0 Å². The molecule has 0 fully saturated rings. The summed E-state index contributed by atoms with van der Waals surface area (Å²) in [6, 6.07) is 81.3. The van der Waals surface area contributed by atoms with E-state index in [9.17, 15) is 0 Å². The van der Waals surface area contributed by atoms with Crippen LogP contribution >= 0.6 is 0 Å². The van der Waals surface area contributed by atoms with Gasteiger partial charge in [-0.1, -0.05) is 180 Å². The summed E-state index contributed by atoms with van der Waals surface area (Å²) in [6.07, 6.45) is 4.37. The average Bonchev–Trinajstić information content (AvgIpc) is 1.59. The van der Waals surface area contributed by atoms with Gasteiger partial charge in [-0.25, -0.2) is 4.57 Å². The average molecular weight is 1590 g/mol. The highest BCUT2D eigenvalue weighted by Gasteiger charge is 2.43. The van der Waals surface area contributed by atoms with Crippen molar-refractivity contribution >= 4 is 43.5 Å². The molecule has 4 aliphatic rings. The zero-order valence-corrected chi connectivity index (χ0v) is 76.0. The molecule has 8 aromatic heterocycles. The first-order chi connectivity index (χ1) is 57.5. The molecule has 8 aromatic carbocycles. The lowest BCUT2D eigenvalue weighted by molar-refractivity contribution is -0.659. The van der Waals surface area contributed by atoms with Crippen molar-refractivity contribution in [3.8, 4) is 89.5 Å². The Morgan fingerprint density at radius 2 is 0.653 bits per heavy atom. The monoisotopic (exact) mass is 1590 g/mol. The number of hydrogen-bond donors (Lipinski definition) is 0. The highest BCUT2D eigenvalue weighted by Crippen LogP contribution is 2.54. The number of aryl methyl sites for hydroxylation is 13. The van der Waals surface area contributed by atoms with Crippen LogP contribution in [0.5, 0.6) is 0 Å². The Bertz CT molecular complexity index is 6870. The summed E-state index contributed by atoms with van der Waals surface area (Å²) in [5.41, 5.74) is 48.2. The molecule has 0 spiro atoms. The van der Waals surface area contributed by atoms with Gasteiger partial charge in [-0.05, 0) is 255 Å². The van der Waals surface area contributed by atoms with Gasteiger partial charge in [-0.3, -0.25) is 19.9 Å². The number of aromatic nitrogens is 8. The predicted molar refractivity (Wildman–Crippen MR) is 503 cm³/mol. The highest BCUT2D eigenvalue weighted by atomic mass is 15.0. The molecule has 0 amide bonds. The van der Waals surface area contributed by atoms with E-state index in [-0.39, 0.29) is 21.7 Å². The molecule has 8 heterocycles.